The van der Waals surface area contributed by atoms with Crippen LogP contribution in [0.25, 0.3) is 0 Å². The van der Waals surface area contributed by atoms with Gasteiger partial charge in [-0.2, -0.15) is 4.31 Å². The zero-order chi connectivity index (χ0) is 11.5. The number of aromatic nitrogens is 2. The fourth-order valence-electron chi connectivity index (χ4n) is 1.03. The fraction of sp³-hybridized carbons (Fsp3) is 0.625. The molecule has 0 aromatic carbocycles. The summed E-state index contributed by atoms with van der Waals surface area (Å²) >= 11 is 3.38. The lowest BCUT2D eigenvalue weighted by atomic mass is 10.3. The monoisotopic (exact) mass is 295 g/mol. The van der Waals surface area contributed by atoms with Crippen molar-refractivity contribution in [3.63, 3.8) is 0 Å². The topological polar surface area (TPSA) is 66.1 Å². The average molecular weight is 296 g/mol. The summed E-state index contributed by atoms with van der Waals surface area (Å²) in [6.07, 6.45) is 3.43. The van der Waals surface area contributed by atoms with Gasteiger partial charge in [-0.25, -0.2) is 13.4 Å². The predicted octanol–water partition coefficient (Wildman–Crippen LogP) is 1.20. The molecule has 7 heteroatoms. The number of nitrogens with one attached hydrogen (secondary N) is 1. The lowest BCUT2D eigenvalue weighted by molar-refractivity contribution is 0.460. The van der Waals surface area contributed by atoms with Crippen LogP contribution in [0.3, 0.4) is 0 Å². The number of imidazole rings is 1. The molecule has 15 heavy (non-hydrogen) atoms. The highest BCUT2D eigenvalue weighted by atomic mass is 79.9. The minimum Gasteiger partial charge on any atom is -0.335 e. The van der Waals surface area contributed by atoms with Crippen molar-refractivity contribution in [3.8, 4) is 0 Å². The van der Waals surface area contributed by atoms with Gasteiger partial charge in [-0.05, 0) is 6.42 Å². The number of hydrogen-bond donors (Lipinski definition) is 1. The number of aromatic amines is 1. The first-order valence-electron chi connectivity index (χ1n) is 4.53. The van der Waals surface area contributed by atoms with Gasteiger partial charge in [0.15, 0.2) is 5.03 Å². The molecule has 86 valence electrons. The van der Waals surface area contributed by atoms with Crippen LogP contribution in [0.15, 0.2) is 17.6 Å². The minimum atomic E-state index is -3.40. The molecule has 0 aliphatic carbocycles. The number of nitrogens with zero attached hydrogens (tertiary/aromatic N) is 2. The number of rotatable bonds is 5. The molecule has 0 aliphatic rings. The number of sulfonamides is 1. The van der Waals surface area contributed by atoms with E-state index < -0.39 is 10.0 Å². The highest BCUT2D eigenvalue weighted by Crippen LogP contribution is 2.12. The van der Waals surface area contributed by atoms with Gasteiger partial charge in [0, 0.05) is 18.4 Å². The van der Waals surface area contributed by atoms with Crippen molar-refractivity contribution >= 4 is 26.0 Å². The SMILES string of the molecule is CC(Br)CCN(C)S(=O)(=O)c1cnc[nH]1. The van der Waals surface area contributed by atoms with E-state index in [0.717, 1.165) is 6.42 Å². The summed E-state index contributed by atoms with van der Waals surface area (Å²) in [6.45, 7) is 2.46. The zero-order valence-corrected chi connectivity index (χ0v) is 11.0. The molecule has 0 aliphatic heterocycles. The predicted molar refractivity (Wildman–Crippen MR) is 61.4 cm³/mol. The molecule has 1 heterocycles. The number of halogens is 1. The van der Waals surface area contributed by atoms with E-state index in [4.69, 9.17) is 0 Å². The van der Waals surface area contributed by atoms with E-state index in [1.807, 2.05) is 6.92 Å². The number of alkyl halides is 1. The van der Waals surface area contributed by atoms with Crippen molar-refractivity contribution in [1.82, 2.24) is 14.3 Å². The molecule has 1 N–H and O–H groups in total. The van der Waals surface area contributed by atoms with Crippen molar-refractivity contribution in [2.75, 3.05) is 13.6 Å². The normalized spacial score (nSPS) is 14.4. The largest absolute Gasteiger partial charge is 0.335 e. The summed E-state index contributed by atoms with van der Waals surface area (Å²) in [5.41, 5.74) is 0. The Morgan fingerprint density at radius 3 is 2.80 bits per heavy atom. The molecule has 0 saturated carbocycles. The van der Waals surface area contributed by atoms with Gasteiger partial charge in [0.25, 0.3) is 10.0 Å². The lowest BCUT2D eigenvalue weighted by Gasteiger charge is -2.16. The summed E-state index contributed by atoms with van der Waals surface area (Å²) in [6, 6.07) is 0. The maximum atomic E-state index is 11.8. The smallest absolute Gasteiger partial charge is 0.259 e. The molecule has 1 rings (SSSR count). The van der Waals surface area contributed by atoms with Crippen LogP contribution in [0, 0.1) is 0 Å². The number of H-pyrrole nitrogens is 1. The molecule has 1 unspecified atom stereocenters. The van der Waals surface area contributed by atoms with E-state index in [-0.39, 0.29) is 5.03 Å². The molecule has 0 fully saturated rings. The molecule has 0 spiro atoms. The number of hydrogen-bond acceptors (Lipinski definition) is 3. The molecule has 1 aromatic heterocycles. The van der Waals surface area contributed by atoms with Gasteiger partial charge < -0.3 is 4.98 Å². The van der Waals surface area contributed by atoms with Gasteiger partial charge in [-0.1, -0.05) is 22.9 Å². The Morgan fingerprint density at radius 1 is 1.67 bits per heavy atom. The van der Waals surface area contributed by atoms with E-state index in [1.165, 1.54) is 16.8 Å². The molecular formula is C8H14BrN3O2S. The Balaban J connectivity index is 2.71. The molecule has 0 saturated heterocycles. The second-order valence-corrected chi connectivity index (χ2v) is 6.89. The first-order chi connectivity index (χ1) is 6.94. The van der Waals surface area contributed by atoms with Gasteiger partial charge in [-0.3, -0.25) is 0 Å². The zero-order valence-electron chi connectivity index (χ0n) is 8.64. The van der Waals surface area contributed by atoms with E-state index in [2.05, 4.69) is 25.9 Å². The highest BCUT2D eigenvalue weighted by molar-refractivity contribution is 9.09. The van der Waals surface area contributed by atoms with Crippen molar-refractivity contribution < 1.29 is 8.42 Å². The molecule has 0 amide bonds. The van der Waals surface area contributed by atoms with Crippen LogP contribution in [0.5, 0.6) is 0 Å². The molecule has 0 bridgehead atoms. The van der Waals surface area contributed by atoms with E-state index in [9.17, 15) is 8.42 Å². The third-order valence-electron chi connectivity index (χ3n) is 2.00. The van der Waals surface area contributed by atoms with Crippen LogP contribution in [0.2, 0.25) is 0 Å². The summed E-state index contributed by atoms with van der Waals surface area (Å²) in [4.78, 5) is 6.59. The highest BCUT2D eigenvalue weighted by Gasteiger charge is 2.21. The molecular weight excluding hydrogens is 282 g/mol. The van der Waals surface area contributed by atoms with E-state index >= 15 is 0 Å². The molecule has 0 radical (unpaired) electrons. The van der Waals surface area contributed by atoms with Crippen LogP contribution >= 0.6 is 15.9 Å². The molecule has 1 atom stereocenters. The van der Waals surface area contributed by atoms with Crippen molar-refractivity contribution in [1.29, 1.82) is 0 Å². The van der Waals surface area contributed by atoms with Crippen molar-refractivity contribution in [2.24, 2.45) is 0 Å². The second-order valence-electron chi connectivity index (χ2n) is 3.31. The van der Waals surface area contributed by atoms with Crippen molar-refractivity contribution in [3.05, 3.63) is 12.5 Å². The van der Waals surface area contributed by atoms with E-state index in [1.54, 1.807) is 7.05 Å². The Kier molecular flexibility index (Phi) is 4.30. The minimum absolute atomic E-state index is 0.132. The Bertz CT molecular complexity index is 388. The summed E-state index contributed by atoms with van der Waals surface area (Å²) in [5, 5.41) is 0.132. The third kappa shape index (κ3) is 3.29. The van der Waals surface area contributed by atoms with Crippen LogP contribution in [0.1, 0.15) is 13.3 Å². The van der Waals surface area contributed by atoms with Gasteiger partial charge in [0.1, 0.15) is 0 Å². The summed E-state index contributed by atoms with van der Waals surface area (Å²) < 4.78 is 25.0. The maximum absolute atomic E-state index is 11.8. The first kappa shape index (κ1) is 12.7. The standard InChI is InChI=1S/C8H14BrN3O2S/c1-7(9)3-4-12(2)15(13,14)8-5-10-6-11-8/h5-7H,3-4H2,1-2H3,(H,10,11). The van der Waals surface area contributed by atoms with Crippen LogP contribution in [-0.2, 0) is 10.0 Å². The fourth-order valence-corrected chi connectivity index (χ4v) is 2.31. The third-order valence-corrected chi connectivity index (χ3v) is 4.24. The Morgan fingerprint density at radius 2 is 2.33 bits per heavy atom. The van der Waals surface area contributed by atoms with Gasteiger partial charge in [-0.15, -0.1) is 0 Å². The van der Waals surface area contributed by atoms with Gasteiger partial charge >= 0.3 is 0 Å². The average Bonchev–Trinajstić information content (AvgIpc) is 2.66. The molecule has 5 nitrogen and oxygen atoms in total. The van der Waals surface area contributed by atoms with Crippen LogP contribution < -0.4 is 0 Å². The summed E-state index contributed by atoms with van der Waals surface area (Å²) in [7, 11) is -1.84. The molecule has 1 aromatic rings. The van der Waals surface area contributed by atoms with Crippen LogP contribution in [0.4, 0.5) is 0 Å². The summed E-state index contributed by atoms with van der Waals surface area (Å²) in [5.74, 6) is 0. The van der Waals surface area contributed by atoms with E-state index in [0.29, 0.717) is 11.4 Å². The first-order valence-corrected chi connectivity index (χ1v) is 6.89. The second kappa shape index (κ2) is 5.09. The Labute approximate surface area is 98.1 Å². The maximum Gasteiger partial charge on any atom is 0.259 e. The lowest BCUT2D eigenvalue weighted by Crippen LogP contribution is -2.29. The van der Waals surface area contributed by atoms with Gasteiger partial charge in [0.05, 0.1) is 12.5 Å². The van der Waals surface area contributed by atoms with Crippen LogP contribution in [-0.4, -0.2) is 41.1 Å². The quantitative estimate of drug-likeness (QED) is 0.830. The van der Waals surface area contributed by atoms with Gasteiger partial charge in [0.2, 0.25) is 0 Å². The Hall–Kier alpha value is -0.400. The van der Waals surface area contributed by atoms with Crippen molar-refractivity contribution in [2.45, 2.75) is 23.2 Å².